The first kappa shape index (κ1) is 19.0. The summed E-state index contributed by atoms with van der Waals surface area (Å²) in [6.07, 6.45) is 0.286. The van der Waals surface area contributed by atoms with Gasteiger partial charge in [-0.1, -0.05) is 29.4 Å². The van der Waals surface area contributed by atoms with Crippen LogP contribution in [0.2, 0.25) is 0 Å². The summed E-state index contributed by atoms with van der Waals surface area (Å²) in [5.74, 6) is -0.646. The SMILES string of the molecule is Cc1cc(NC(=O)CSCC(=O)N2Cc3ccccc3CC2C(=O)O)no1. The van der Waals surface area contributed by atoms with E-state index < -0.39 is 12.0 Å². The Kier molecular flexibility index (Phi) is 5.80. The zero-order valence-electron chi connectivity index (χ0n) is 14.7. The van der Waals surface area contributed by atoms with Gasteiger partial charge in [0.05, 0.1) is 11.5 Å². The lowest BCUT2D eigenvalue weighted by Crippen LogP contribution is -2.49. The van der Waals surface area contributed by atoms with E-state index in [2.05, 4.69) is 10.5 Å². The molecule has 0 saturated carbocycles. The van der Waals surface area contributed by atoms with Gasteiger partial charge in [0.2, 0.25) is 11.8 Å². The van der Waals surface area contributed by atoms with Gasteiger partial charge in [0.25, 0.3) is 0 Å². The lowest BCUT2D eigenvalue weighted by molar-refractivity contribution is -0.150. The van der Waals surface area contributed by atoms with Crippen molar-refractivity contribution in [3.8, 4) is 0 Å². The van der Waals surface area contributed by atoms with Crippen molar-refractivity contribution in [2.75, 3.05) is 16.8 Å². The molecule has 3 rings (SSSR count). The number of anilines is 1. The quantitative estimate of drug-likeness (QED) is 0.773. The summed E-state index contributed by atoms with van der Waals surface area (Å²) >= 11 is 1.13. The smallest absolute Gasteiger partial charge is 0.326 e. The first-order valence-corrected chi connectivity index (χ1v) is 9.49. The maximum atomic E-state index is 12.5. The summed E-state index contributed by atoms with van der Waals surface area (Å²) in [7, 11) is 0. The number of nitrogens with one attached hydrogen (secondary N) is 1. The van der Waals surface area contributed by atoms with Crippen LogP contribution in [0.25, 0.3) is 0 Å². The Labute approximate surface area is 159 Å². The van der Waals surface area contributed by atoms with Gasteiger partial charge in [0.15, 0.2) is 5.82 Å². The van der Waals surface area contributed by atoms with Gasteiger partial charge in [-0.05, 0) is 18.1 Å². The van der Waals surface area contributed by atoms with Crippen LogP contribution in [0, 0.1) is 6.92 Å². The highest BCUT2D eigenvalue weighted by Gasteiger charge is 2.34. The van der Waals surface area contributed by atoms with Gasteiger partial charge >= 0.3 is 5.97 Å². The van der Waals surface area contributed by atoms with E-state index in [9.17, 15) is 19.5 Å². The van der Waals surface area contributed by atoms with Gasteiger partial charge in [-0.2, -0.15) is 0 Å². The monoisotopic (exact) mass is 389 g/mol. The van der Waals surface area contributed by atoms with Crippen LogP contribution in [0.15, 0.2) is 34.9 Å². The minimum absolute atomic E-state index is 0.0250. The van der Waals surface area contributed by atoms with Crippen LogP contribution in [0.1, 0.15) is 16.9 Å². The standard InChI is InChI=1S/C18H19N3O5S/c1-11-6-15(20-26-11)19-16(22)9-27-10-17(23)21-8-13-5-3-2-4-12(13)7-14(21)18(24)25/h2-6,14H,7-10H2,1H3,(H,24,25)(H,19,20,22). The Balaban J connectivity index is 1.55. The lowest BCUT2D eigenvalue weighted by Gasteiger charge is -2.34. The fourth-order valence-electron chi connectivity index (χ4n) is 2.92. The molecular formula is C18H19N3O5S. The molecule has 1 aromatic heterocycles. The van der Waals surface area contributed by atoms with E-state index in [1.165, 1.54) is 4.90 Å². The third kappa shape index (κ3) is 4.68. The topological polar surface area (TPSA) is 113 Å². The fourth-order valence-corrected chi connectivity index (χ4v) is 3.62. The summed E-state index contributed by atoms with van der Waals surface area (Å²) in [5, 5.41) is 15.7. The number of nitrogens with zero attached hydrogens (tertiary/aromatic N) is 2. The molecule has 9 heteroatoms. The maximum Gasteiger partial charge on any atom is 0.326 e. The number of hydrogen-bond donors (Lipinski definition) is 2. The Hall–Kier alpha value is -2.81. The molecule has 0 fully saturated rings. The molecular weight excluding hydrogens is 370 g/mol. The number of carboxylic acids is 1. The Morgan fingerprint density at radius 1 is 1.30 bits per heavy atom. The third-order valence-corrected chi connectivity index (χ3v) is 5.13. The highest BCUT2D eigenvalue weighted by molar-refractivity contribution is 8.00. The number of thioether (sulfide) groups is 1. The van der Waals surface area contributed by atoms with Gasteiger partial charge in [-0.25, -0.2) is 4.79 Å². The number of hydrogen-bond acceptors (Lipinski definition) is 6. The lowest BCUT2D eigenvalue weighted by atomic mass is 9.94. The molecule has 0 aliphatic carbocycles. The normalized spacial score (nSPS) is 15.9. The molecule has 1 aromatic carbocycles. The minimum Gasteiger partial charge on any atom is -0.480 e. The van der Waals surface area contributed by atoms with Crippen LogP contribution in [0.4, 0.5) is 5.82 Å². The van der Waals surface area contributed by atoms with E-state index >= 15 is 0 Å². The number of aryl methyl sites for hydroxylation is 1. The molecule has 2 heterocycles. The number of fused-ring (bicyclic) bond motifs is 1. The van der Waals surface area contributed by atoms with Crippen molar-refractivity contribution in [3.05, 3.63) is 47.2 Å². The molecule has 0 saturated heterocycles. The Bertz CT molecular complexity index is 866. The minimum atomic E-state index is -1.03. The van der Waals surface area contributed by atoms with Gasteiger partial charge in [0, 0.05) is 19.0 Å². The third-order valence-electron chi connectivity index (χ3n) is 4.21. The second-order valence-corrected chi connectivity index (χ2v) is 7.20. The van der Waals surface area contributed by atoms with Crippen LogP contribution >= 0.6 is 11.8 Å². The molecule has 1 unspecified atom stereocenters. The predicted octanol–water partition coefficient (Wildman–Crippen LogP) is 1.69. The largest absolute Gasteiger partial charge is 0.480 e. The first-order valence-electron chi connectivity index (χ1n) is 8.34. The average Bonchev–Trinajstić information content (AvgIpc) is 3.05. The van der Waals surface area contributed by atoms with Crippen molar-refractivity contribution < 1.29 is 24.0 Å². The molecule has 1 atom stereocenters. The number of benzene rings is 1. The maximum absolute atomic E-state index is 12.5. The van der Waals surface area contributed by atoms with Gasteiger partial charge in [0.1, 0.15) is 11.8 Å². The average molecular weight is 389 g/mol. The number of aliphatic carboxylic acids is 1. The van der Waals surface area contributed by atoms with Crippen LogP contribution in [0.5, 0.6) is 0 Å². The number of carbonyl (C=O) groups excluding carboxylic acids is 2. The van der Waals surface area contributed by atoms with E-state index in [0.29, 0.717) is 11.6 Å². The van der Waals surface area contributed by atoms with Crippen LogP contribution < -0.4 is 5.32 Å². The summed E-state index contributed by atoms with van der Waals surface area (Å²) in [6.45, 7) is 1.97. The van der Waals surface area contributed by atoms with Gasteiger partial charge in [-0.15, -0.1) is 11.8 Å². The molecule has 142 valence electrons. The number of carbonyl (C=O) groups is 3. The molecule has 2 N–H and O–H groups in total. The summed E-state index contributed by atoms with van der Waals surface area (Å²) in [6, 6.07) is 8.22. The van der Waals surface area contributed by atoms with Crippen LogP contribution in [-0.2, 0) is 27.3 Å². The second kappa shape index (κ2) is 8.26. The van der Waals surface area contributed by atoms with Gasteiger partial charge < -0.3 is 19.8 Å². The zero-order valence-corrected chi connectivity index (χ0v) is 15.5. The van der Waals surface area contributed by atoms with Crippen molar-refractivity contribution in [1.82, 2.24) is 10.1 Å². The van der Waals surface area contributed by atoms with Crippen molar-refractivity contribution in [1.29, 1.82) is 0 Å². The molecule has 0 radical (unpaired) electrons. The van der Waals surface area contributed by atoms with E-state index in [4.69, 9.17) is 4.52 Å². The van der Waals surface area contributed by atoms with E-state index in [0.717, 1.165) is 22.9 Å². The van der Waals surface area contributed by atoms with Crippen LogP contribution in [0.3, 0.4) is 0 Å². The number of rotatable bonds is 6. The van der Waals surface area contributed by atoms with Crippen molar-refractivity contribution >= 4 is 35.4 Å². The Morgan fingerprint density at radius 3 is 2.70 bits per heavy atom. The van der Waals surface area contributed by atoms with E-state index in [-0.39, 0.29) is 36.3 Å². The van der Waals surface area contributed by atoms with Gasteiger partial charge in [-0.3, -0.25) is 9.59 Å². The predicted molar refractivity (Wildman–Crippen MR) is 99.3 cm³/mol. The van der Waals surface area contributed by atoms with Crippen molar-refractivity contribution in [3.63, 3.8) is 0 Å². The van der Waals surface area contributed by atoms with Crippen molar-refractivity contribution in [2.45, 2.75) is 25.9 Å². The highest BCUT2D eigenvalue weighted by atomic mass is 32.2. The molecule has 0 bridgehead atoms. The number of carboxylic acid groups (broad SMARTS) is 1. The van der Waals surface area contributed by atoms with Crippen molar-refractivity contribution in [2.24, 2.45) is 0 Å². The zero-order chi connectivity index (χ0) is 19.4. The Morgan fingerprint density at radius 2 is 2.04 bits per heavy atom. The fraction of sp³-hybridized carbons (Fsp3) is 0.333. The molecule has 1 aliphatic heterocycles. The summed E-state index contributed by atoms with van der Waals surface area (Å²) in [5.41, 5.74) is 1.90. The van der Waals surface area contributed by atoms with E-state index in [1.807, 2.05) is 24.3 Å². The summed E-state index contributed by atoms with van der Waals surface area (Å²) < 4.78 is 4.86. The molecule has 2 amide bonds. The number of amides is 2. The molecule has 8 nitrogen and oxygen atoms in total. The number of aromatic nitrogens is 1. The molecule has 0 spiro atoms. The highest BCUT2D eigenvalue weighted by Crippen LogP contribution is 2.24. The molecule has 1 aliphatic rings. The summed E-state index contributed by atoms with van der Waals surface area (Å²) in [4.78, 5) is 37.4. The van der Waals surface area contributed by atoms with E-state index in [1.54, 1.807) is 13.0 Å². The van der Waals surface area contributed by atoms with Crippen LogP contribution in [-0.4, -0.2) is 50.5 Å². The molecule has 27 heavy (non-hydrogen) atoms. The molecule has 2 aromatic rings. The first-order chi connectivity index (χ1) is 12.9. The second-order valence-electron chi connectivity index (χ2n) is 6.21.